The van der Waals surface area contributed by atoms with E-state index in [-0.39, 0.29) is 9.50 Å². The average molecular weight is 288 g/mol. The van der Waals surface area contributed by atoms with Crippen LogP contribution in [0.5, 0.6) is 0 Å². The molecular weight excluding hydrogens is 282 g/mol. The maximum atomic E-state index is 11.0. The van der Waals surface area contributed by atoms with E-state index < -0.39 is 10.1 Å². The van der Waals surface area contributed by atoms with Crippen LogP contribution >= 0.6 is 15.9 Å². The molecule has 1 aromatic heterocycles. The van der Waals surface area contributed by atoms with Crippen LogP contribution in [0.25, 0.3) is 10.9 Å². The third-order valence-electron chi connectivity index (χ3n) is 1.89. The molecule has 1 N–H and O–H groups in total. The minimum absolute atomic E-state index is 0.253. The van der Waals surface area contributed by atoms with Gasteiger partial charge in [0, 0.05) is 5.39 Å². The summed E-state index contributed by atoms with van der Waals surface area (Å²) >= 11 is 3.05. The first-order chi connectivity index (χ1) is 6.98. The Balaban J connectivity index is 2.84. The predicted octanol–water partition coefficient (Wildman–Crippen LogP) is 2.24. The topological polar surface area (TPSA) is 67.3 Å². The lowest BCUT2D eigenvalue weighted by atomic mass is 10.2. The van der Waals surface area contributed by atoms with Crippen molar-refractivity contribution >= 4 is 37.0 Å². The number of benzene rings is 1. The van der Waals surface area contributed by atoms with E-state index in [4.69, 9.17) is 4.55 Å². The molecule has 0 saturated heterocycles. The molecule has 0 saturated carbocycles. The molecule has 2 aromatic rings. The molecule has 78 valence electrons. The molecule has 0 fully saturated rings. The van der Waals surface area contributed by atoms with E-state index in [2.05, 4.69) is 20.9 Å². The summed E-state index contributed by atoms with van der Waals surface area (Å²) in [5.74, 6) is 0. The van der Waals surface area contributed by atoms with Crippen LogP contribution in [0.3, 0.4) is 0 Å². The summed E-state index contributed by atoms with van der Waals surface area (Å²) in [5, 5.41) is 0.443. The molecule has 0 unspecified atom stereocenters. The monoisotopic (exact) mass is 287 g/mol. The highest BCUT2D eigenvalue weighted by Gasteiger charge is 2.16. The molecule has 0 atom stereocenters. The fourth-order valence-electron chi connectivity index (χ4n) is 1.25. The average Bonchev–Trinajstić information content (AvgIpc) is 2.15. The first-order valence-electron chi connectivity index (χ1n) is 4.01. The van der Waals surface area contributed by atoms with Gasteiger partial charge in [-0.2, -0.15) is 8.42 Å². The smallest absolute Gasteiger partial charge is 0.281 e. The fraction of sp³-hybridized carbons (Fsp3) is 0. The van der Waals surface area contributed by atoms with E-state index in [0.29, 0.717) is 5.52 Å². The van der Waals surface area contributed by atoms with Crippen molar-refractivity contribution in [3.05, 3.63) is 34.8 Å². The number of fused-ring (bicyclic) bond motifs is 1. The second-order valence-electron chi connectivity index (χ2n) is 2.94. The molecule has 0 radical (unpaired) electrons. The third kappa shape index (κ3) is 2.01. The van der Waals surface area contributed by atoms with Crippen molar-refractivity contribution in [1.29, 1.82) is 0 Å². The lowest BCUT2D eigenvalue weighted by Gasteiger charge is -2.02. The Morgan fingerprint density at radius 2 is 1.93 bits per heavy atom. The summed E-state index contributed by atoms with van der Waals surface area (Å²) in [6.07, 6.45) is 0. The number of nitrogens with zero attached hydrogens (tertiary/aromatic N) is 1. The molecule has 0 aliphatic carbocycles. The standard InChI is InChI=1S/C9H6BrNO3S/c10-7-5-6-3-1-2-4-8(6)11-9(7)15(12,13)14/h1-5H,(H,12,13,14). The Hall–Kier alpha value is -0.980. The normalized spacial score (nSPS) is 11.9. The lowest BCUT2D eigenvalue weighted by molar-refractivity contribution is 0.479. The zero-order valence-electron chi connectivity index (χ0n) is 7.38. The van der Waals surface area contributed by atoms with Crippen molar-refractivity contribution in [2.75, 3.05) is 0 Å². The van der Waals surface area contributed by atoms with Gasteiger partial charge in [0.2, 0.25) is 0 Å². The maximum Gasteiger partial charge on any atom is 0.313 e. The first-order valence-corrected chi connectivity index (χ1v) is 6.24. The van der Waals surface area contributed by atoms with Crippen LogP contribution in [0, 0.1) is 0 Å². The van der Waals surface area contributed by atoms with Crippen LogP contribution in [0.1, 0.15) is 0 Å². The summed E-state index contributed by atoms with van der Waals surface area (Å²) in [7, 11) is -4.28. The molecular formula is C9H6BrNO3S. The molecule has 2 rings (SSSR count). The number of aromatic nitrogens is 1. The van der Waals surface area contributed by atoms with Gasteiger partial charge in [-0.25, -0.2) is 4.98 Å². The second-order valence-corrected chi connectivity index (χ2v) is 5.13. The van der Waals surface area contributed by atoms with E-state index in [9.17, 15) is 8.42 Å². The van der Waals surface area contributed by atoms with Gasteiger partial charge < -0.3 is 0 Å². The summed E-state index contributed by atoms with van der Waals surface area (Å²) in [4.78, 5) is 3.86. The highest BCUT2D eigenvalue weighted by molar-refractivity contribution is 9.10. The Morgan fingerprint density at radius 1 is 1.27 bits per heavy atom. The van der Waals surface area contributed by atoms with Crippen LogP contribution in [-0.4, -0.2) is 18.0 Å². The number of hydrogen-bond donors (Lipinski definition) is 1. The van der Waals surface area contributed by atoms with E-state index in [1.807, 2.05) is 6.07 Å². The minimum Gasteiger partial charge on any atom is -0.281 e. The number of rotatable bonds is 1. The van der Waals surface area contributed by atoms with Crippen LogP contribution in [0.15, 0.2) is 39.8 Å². The Bertz CT molecular complexity index is 624. The molecule has 6 heteroatoms. The van der Waals surface area contributed by atoms with Gasteiger partial charge in [-0.3, -0.25) is 4.55 Å². The zero-order chi connectivity index (χ0) is 11.1. The van der Waals surface area contributed by atoms with Crippen LogP contribution in [0.2, 0.25) is 0 Å². The van der Waals surface area contributed by atoms with Crippen molar-refractivity contribution < 1.29 is 13.0 Å². The lowest BCUT2D eigenvalue weighted by Crippen LogP contribution is -2.02. The third-order valence-corrected chi connectivity index (χ3v) is 3.56. The van der Waals surface area contributed by atoms with E-state index in [1.54, 1.807) is 24.3 Å². The number of pyridine rings is 1. The molecule has 0 amide bonds. The fourth-order valence-corrected chi connectivity index (χ4v) is 2.72. The van der Waals surface area contributed by atoms with Crippen molar-refractivity contribution in [1.82, 2.24) is 4.98 Å². The molecule has 0 spiro atoms. The summed E-state index contributed by atoms with van der Waals surface area (Å²) in [6, 6.07) is 8.66. The second kappa shape index (κ2) is 3.55. The molecule has 0 bridgehead atoms. The Kier molecular flexibility index (Phi) is 2.49. The van der Waals surface area contributed by atoms with Gasteiger partial charge >= 0.3 is 10.1 Å². The quantitative estimate of drug-likeness (QED) is 0.817. The van der Waals surface area contributed by atoms with Gasteiger partial charge in [0.05, 0.1) is 9.99 Å². The van der Waals surface area contributed by atoms with E-state index >= 15 is 0 Å². The van der Waals surface area contributed by atoms with Crippen LogP contribution in [-0.2, 0) is 10.1 Å². The minimum atomic E-state index is -4.28. The number of para-hydroxylation sites is 1. The van der Waals surface area contributed by atoms with Crippen molar-refractivity contribution in [2.24, 2.45) is 0 Å². The molecule has 15 heavy (non-hydrogen) atoms. The molecule has 0 aliphatic rings. The molecule has 4 nitrogen and oxygen atoms in total. The van der Waals surface area contributed by atoms with Gasteiger partial charge in [-0.05, 0) is 28.1 Å². The predicted molar refractivity (Wildman–Crippen MR) is 59.3 cm³/mol. The summed E-state index contributed by atoms with van der Waals surface area (Å²) in [6.45, 7) is 0. The summed E-state index contributed by atoms with van der Waals surface area (Å²) in [5.41, 5.74) is 0.522. The SMILES string of the molecule is O=S(=O)(O)c1nc2ccccc2cc1Br. The van der Waals surface area contributed by atoms with E-state index in [1.165, 1.54) is 0 Å². The van der Waals surface area contributed by atoms with Gasteiger partial charge in [-0.1, -0.05) is 18.2 Å². The highest BCUT2D eigenvalue weighted by Crippen LogP contribution is 2.24. The van der Waals surface area contributed by atoms with Crippen molar-refractivity contribution in [3.63, 3.8) is 0 Å². The van der Waals surface area contributed by atoms with Gasteiger partial charge in [0.1, 0.15) is 0 Å². The molecule has 1 heterocycles. The van der Waals surface area contributed by atoms with Crippen molar-refractivity contribution in [3.8, 4) is 0 Å². The van der Waals surface area contributed by atoms with Gasteiger partial charge in [0.15, 0.2) is 5.03 Å². The maximum absolute atomic E-state index is 11.0. The summed E-state index contributed by atoms with van der Waals surface area (Å²) < 4.78 is 31.1. The highest BCUT2D eigenvalue weighted by atomic mass is 79.9. The Morgan fingerprint density at radius 3 is 2.60 bits per heavy atom. The largest absolute Gasteiger partial charge is 0.313 e. The number of halogens is 1. The van der Waals surface area contributed by atoms with Crippen LogP contribution < -0.4 is 0 Å². The Labute approximate surface area is 94.8 Å². The van der Waals surface area contributed by atoms with Gasteiger partial charge in [0.25, 0.3) is 0 Å². The zero-order valence-corrected chi connectivity index (χ0v) is 9.79. The molecule has 1 aromatic carbocycles. The van der Waals surface area contributed by atoms with E-state index in [0.717, 1.165) is 5.39 Å². The van der Waals surface area contributed by atoms with Gasteiger partial charge in [-0.15, -0.1) is 0 Å². The molecule has 0 aliphatic heterocycles. The van der Waals surface area contributed by atoms with Crippen molar-refractivity contribution in [2.45, 2.75) is 5.03 Å². The first kappa shape index (κ1) is 10.5. The van der Waals surface area contributed by atoms with Crippen LogP contribution in [0.4, 0.5) is 0 Å². The number of hydrogen-bond acceptors (Lipinski definition) is 3.